The van der Waals surface area contributed by atoms with E-state index in [1.165, 1.54) is 35.0 Å². The van der Waals surface area contributed by atoms with Crippen LogP contribution in [0.1, 0.15) is 58.8 Å². The highest BCUT2D eigenvalue weighted by Gasteiger charge is 2.34. The molecule has 0 spiro atoms. The number of benzene rings is 1. The minimum atomic E-state index is -3.81. The molecule has 2 fully saturated rings. The van der Waals surface area contributed by atoms with Crippen LogP contribution < -0.4 is 10.0 Å². The van der Waals surface area contributed by atoms with Crippen molar-refractivity contribution in [2.45, 2.75) is 74.6 Å². The second-order valence-corrected chi connectivity index (χ2v) is 13.0. The van der Waals surface area contributed by atoms with Crippen molar-refractivity contribution in [1.29, 1.82) is 0 Å². The maximum atomic E-state index is 13.2. The van der Waals surface area contributed by atoms with E-state index in [2.05, 4.69) is 10.0 Å². The number of hydrogen-bond acceptors (Lipinski definition) is 5. The van der Waals surface area contributed by atoms with Gasteiger partial charge in [-0.2, -0.15) is 4.31 Å². The summed E-state index contributed by atoms with van der Waals surface area (Å²) in [5.74, 6) is -0.262. The van der Waals surface area contributed by atoms with Gasteiger partial charge in [0.15, 0.2) is 0 Å². The molecule has 1 aromatic rings. The fraction of sp³-hybridized carbons (Fsp3) is 0.682. The number of nitrogens with zero attached hydrogens (tertiary/aromatic N) is 1. The molecule has 1 saturated carbocycles. The van der Waals surface area contributed by atoms with Crippen LogP contribution in [-0.4, -0.2) is 52.7 Å². The molecule has 3 rings (SSSR count). The van der Waals surface area contributed by atoms with Gasteiger partial charge in [0.1, 0.15) is 0 Å². The molecule has 32 heavy (non-hydrogen) atoms. The number of amides is 1. The molecule has 1 atom stereocenters. The molecule has 8 nitrogen and oxygen atoms in total. The van der Waals surface area contributed by atoms with E-state index in [4.69, 9.17) is 0 Å². The van der Waals surface area contributed by atoms with E-state index in [1.54, 1.807) is 0 Å². The van der Waals surface area contributed by atoms with E-state index in [1.807, 2.05) is 13.8 Å². The standard InChI is InChI=1S/C22H35N3O5S2/c1-17(2)15-23-31(27,28)20-10-12-21(13-11-20)32(29,30)25-14-6-7-18(16-25)22(26)24-19-8-4-3-5-9-19/h10-13,17-19,23H,3-9,14-16H2,1-2H3,(H,24,26)/t18-/m1/s1. The van der Waals surface area contributed by atoms with Crippen LogP contribution in [0.2, 0.25) is 0 Å². The highest BCUT2D eigenvalue weighted by Crippen LogP contribution is 2.26. The molecule has 10 heteroatoms. The Labute approximate surface area is 192 Å². The maximum Gasteiger partial charge on any atom is 0.243 e. The molecule has 180 valence electrons. The lowest BCUT2D eigenvalue weighted by Crippen LogP contribution is -2.47. The van der Waals surface area contributed by atoms with Crippen LogP contribution in [0.5, 0.6) is 0 Å². The largest absolute Gasteiger partial charge is 0.353 e. The third-order valence-electron chi connectivity index (χ3n) is 6.16. The second-order valence-electron chi connectivity index (χ2n) is 9.26. The van der Waals surface area contributed by atoms with Crippen molar-refractivity contribution in [3.8, 4) is 0 Å². The molecule has 1 aromatic carbocycles. The van der Waals surface area contributed by atoms with Crippen molar-refractivity contribution < 1.29 is 21.6 Å². The summed E-state index contributed by atoms with van der Waals surface area (Å²) in [7, 11) is -7.50. The van der Waals surface area contributed by atoms with Crippen LogP contribution in [0.15, 0.2) is 34.1 Å². The summed E-state index contributed by atoms with van der Waals surface area (Å²) in [6, 6.07) is 5.47. The van der Waals surface area contributed by atoms with Gasteiger partial charge in [0.2, 0.25) is 26.0 Å². The van der Waals surface area contributed by atoms with Crippen LogP contribution in [0.4, 0.5) is 0 Å². The zero-order valence-electron chi connectivity index (χ0n) is 18.9. The van der Waals surface area contributed by atoms with E-state index in [0.29, 0.717) is 25.9 Å². The second kappa shape index (κ2) is 10.6. The average molecular weight is 486 g/mol. The molecular formula is C22H35N3O5S2. The summed E-state index contributed by atoms with van der Waals surface area (Å²) in [6.45, 7) is 4.61. The first-order valence-corrected chi connectivity index (χ1v) is 14.4. The van der Waals surface area contributed by atoms with Crippen LogP contribution in [0.3, 0.4) is 0 Å². The monoisotopic (exact) mass is 485 g/mol. The summed E-state index contributed by atoms with van der Waals surface area (Å²) >= 11 is 0. The molecule has 0 unspecified atom stereocenters. The van der Waals surface area contributed by atoms with Gasteiger partial charge in [-0.15, -0.1) is 0 Å². The molecule has 1 saturated heterocycles. The first-order valence-electron chi connectivity index (χ1n) is 11.5. The molecule has 0 bridgehead atoms. The first-order chi connectivity index (χ1) is 15.1. The van der Waals surface area contributed by atoms with Crippen LogP contribution in [0, 0.1) is 11.8 Å². The third kappa shape index (κ3) is 6.30. The molecular weight excluding hydrogens is 450 g/mol. The van der Waals surface area contributed by atoms with Gasteiger partial charge in [-0.25, -0.2) is 21.6 Å². The Morgan fingerprint density at radius 3 is 2.22 bits per heavy atom. The van der Waals surface area contributed by atoms with Crippen molar-refractivity contribution in [1.82, 2.24) is 14.3 Å². The minimum Gasteiger partial charge on any atom is -0.353 e. The summed E-state index contributed by atoms with van der Waals surface area (Å²) in [5.41, 5.74) is 0. The fourth-order valence-corrected chi connectivity index (χ4v) is 6.98. The van der Waals surface area contributed by atoms with Gasteiger partial charge in [-0.05, 0) is 55.9 Å². The fourth-order valence-electron chi connectivity index (χ4n) is 4.24. The smallest absolute Gasteiger partial charge is 0.243 e. The SMILES string of the molecule is CC(C)CNS(=O)(=O)c1ccc(S(=O)(=O)N2CCC[C@@H](C(=O)NC3CCCCC3)C2)cc1. The van der Waals surface area contributed by atoms with Gasteiger partial charge in [-0.1, -0.05) is 33.1 Å². The zero-order chi connectivity index (χ0) is 23.4. The lowest BCUT2D eigenvalue weighted by atomic mass is 9.93. The maximum absolute atomic E-state index is 13.2. The predicted octanol–water partition coefficient (Wildman–Crippen LogP) is 2.47. The van der Waals surface area contributed by atoms with Gasteiger partial charge in [0, 0.05) is 25.7 Å². The third-order valence-corrected chi connectivity index (χ3v) is 9.48. The minimum absolute atomic E-state index is 0.0282. The first kappa shape index (κ1) is 25.1. The summed E-state index contributed by atoms with van der Waals surface area (Å²) < 4.78 is 54.9. The Bertz CT molecular complexity index is 985. The Morgan fingerprint density at radius 2 is 1.59 bits per heavy atom. The highest BCUT2D eigenvalue weighted by molar-refractivity contribution is 7.89. The number of carbonyl (C=O) groups is 1. The number of piperidine rings is 1. The van der Waals surface area contributed by atoms with E-state index in [0.717, 1.165) is 25.7 Å². The van der Waals surface area contributed by atoms with E-state index in [-0.39, 0.29) is 40.1 Å². The summed E-state index contributed by atoms with van der Waals surface area (Å²) in [6.07, 6.45) is 6.71. The molecule has 2 N–H and O–H groups in total. The normalized spacial score (nSPS) is 21.5. The number of nitrogens with one attached hydrogen (secondary N) is 2. The lowest BCUT2D eigenvalue weighted by molar-refractivity contribution is -0.127. The van der Waals surface area contributed by atoms with Gasteiger partial charge >= 0.3 is 0 Å². The topological polar surface area (TPSA) is 113 Å². The number of carbonyl (C=O) groups excluding carboxylic acids is 1. The number of hydrogen-bond donors (Lipinski definition) is 2. The quantitative estimate of drug-likeness (QED) is 0.587. The van der Waals surface area contributed by atoms with Gasteiger partial charge in [0.25, 0.3) is 0 Å². The van der Waals surface area contributed by atoms with Crippen molar-refractivity contribution >= 4 is 26.0 Å². The Morgan fingerprint density at radius 1 is 0.969 bits per heavy atom. The van der Waals surface area contributed by atoms with Crippen molar-refractivity contribution in [3.63, 3.8) is 0 Å². The Balaban J connectivity index is 1.66. The molecule has 1 aliphatic carbocycles. The van der Waals surface area contributed by atoms with Crippen molar-refractivity contribution in [2.75, 3.05) is 19.6 Å². The van der Waals surface area contributed by atoms with Crippen molar-refractivity contribution in [3.05, 3.63) is 24.3 Å². The molecule has 1 amide bonds. The zero-order valence-corrected chi connectivity index (χ0v) is 20.6. The molecule has 0 aromatic heterocycles. The van der Waals surface area contributed by atoms with Crippen molar-refractivity contribution in [2.24, 2.45) is 11.8 Å². The van der Waals surface area contributed by atoms with E-state index < -0.39 is 20.0 Å². The van der Waals surface area contributed by atoms with Gasteiger partial charge in [-0.3, -0.25) is 4.79 Å². The summed E-state index contributed by atoms with van der Waals surface area (Å²) in [5, 5.41) is 3.11. The average Bonchev–Trinajstić information content (AvgIpc) is 2.78. The van der Waals surface area contributed by atoms with Crippen LogP contribution in [-0.2, 0) is 24.8 Å². The predicted molar refractivity (Wildman–Crippen MR) is 123 cm³/mol. The highest BCUT2D eigenvalue weighted by atomic mass is 32.2. The summed E-state index contributed by atoms with van der Waals surface area (Å²) in [4.78, 5) is 12.8. The van der Waals surface area contributed by atoms with Crippen LogP contribution in [0.25, 0.3) is 0 Å². The molecule has 0 radical (unpaired) electrons. The lowest BCUT2D eigenvalue weighted by Gasteiger charge is -2.32. The molecule has 2 aliphatic rings. The number of rotatable bonds is 8. The molecule has 1 heterocycles. The van der Waals surface area contributed by atoms with E-state index in [9.17, 15) is 21.6 Å². The van der Waals surface area contributed by atoms with Crippen LogP contribution >= 0.6 is 0 Å². The Hall–Kier alpha value is -1.49. The molecule has 1 aliphatic heterocycles. The van der Waals surface area contributed by atoms with E-state index >= 15 is 0 Å². The Kier molecular flexibility index (Phi) is 8.35. The van der Waals surface area contributed by atoms with Gasteiger partial charge < -0.3 is 5.32 Å². The van der Waals surface area contributed by atoms with Gasteiger partial charge in [0.05, 0.1) is 15.7 Å². The number of sulfonamides is 2.